The summed E-state index contributed by atoms with van der Waals surface area (Å²) in [5.74, 6) is 0.507. The number of H-pyrrole nitrogens is 1. The molecule has 0 saturated carbocycles. The van der Waals surface area contributed by atoms with Crippen molar-refractivity contribution in [2.45, 2.75) is 24.9 Å². The molecule has 128 valence electrons. The Hall–Kier alpha value is -2.48. The third-order valence-electron chi connectivity index (χ3n) is 3.11. The van der Waals surface area contributed by atoms with Crippen LogP contribution in [0.2, 0.25) is 0 Å². The number of methoxy groups -OCH3 is 2. The summed E-state index contributed by atoms with van der Waals surface area (Å²) < 4.78 is 10.4. The van der Waals surface area contributed by atoms with Gasteiger partial charge in [0.1, 0.15) is 5.82 Å². The lowest BCUT2D eigenvalue weighted by Crippen LogP contribution is -2.23. The maximum absolute atomic E-state index is 11.4. The average Bonchev–Trinajstić information content (AvgIpc) is 3.01. The number of ether oxygens (including phenoxy) is 2. The van der Waals surface area contributed by atoms with Crippen LogP contribution in [0.15, 0.2) is 28.3 Å². The topological polar surface area (TPSA) is 100 Å². The Morgan fingerprint density at radius 1 is 1.33 bits per heavy atom. The molecule has 2 aromatic rings. The number of carbonyl (C=O) groups excluding carboxylic acids is 1. The lowest BCUT2D eigenvalue weighted by atomic mass is 10.2. The van der Waals surface area contributed by atoms with E-state index >= 15 is 0 Å². The highest BCUT2D eigenvalue weighted by Gasteiger charge is 2.10. The van der Waals surface area contributed by atoms with Crippen LogP contribution < -0.4 is 14.6 Å². The first-order chi connectivity index (χ1) is 11.6. The van der Waals surface area contributed by atoms with E-state index in [0.29, 0.717) is 22.2 Å². The number of aliphatic carboxylic acids is 1. The zero-order valence-corrected chi connectivity index (χ0v) is 14.5. The molecule has 1 heterocycles. The van der Waals surface area contributed by atoms with Crippen molar-refractivity contribution in [3.05, 3.63) is 34.5 Å². The number of hydrogen-bond donors (Lipinski definition) is 1. The molecule has 0 atom stereocenters. The number of carboxylic acid groups (broad SMARTS) is 1. The molecule has 0 spiro atoms. The van der Waals surface area contributed by atoms with E-state index in [1.165, 1.54) is 20.3 Å². The summed E-state index contributed by atoms with van der Waals surface area (Å²) in [4.78, 5) is 15.6. The van der Waals surface area contributed by atoms with E-state index in [-0.39, 0.29) is 4.91 Å². The SMILES string of the molecule is CCCc1nc(S/C(=C\c2ccc(OC)c(OC)c2)C(=O)[O-])n[nH]1. The number of carbonyl (C=O) groups is 1. The van der Waals surface area contributed by atoms with Gasteiger partial charge in [-0.3, -0.25) is 5.10 Å². The van der Waals surface area contributed by atoms with Gasteiger partial charge in [0.2, 0.25) is 5.16 Å². The molecule has 2 rings (SSSR count). The zero-order valence-electron chi connectivity index (χ0n) is 13.7. The van der Waals surface area contributed by atoms with Gasteiger partial charge in [-0.15, -0.1) is 5.10 Å². The zero-order chi connectivity index (χ0) is 17.5. The first-order valence-corrected chi connectivity index (χ1v) is 8.13. The van der Waals surface area contributed by atoms with Crippen LogP contribution in [0.3, 0.4) is 0 Å². The maximum Gasteiger partial charge on any atom is 0.213 e. The molecule has 0 aliphatic carbocycles. The number of aromatic nitrogens is 3. The summed E-state index contributed by atoms with van der Waals surface area (Å²) >= 11 is 0.935. The average molecular weight is 348 g/mol. The molecule has 8 heteroatoms. The van der Waals surface area contributed by atoms with E-state index in [2.05, 4.69) is 15.2 Å². The van der Waals surface area contributed by atoms with Crippen LogP contribution in [0.1, 0.15) is 24.7 Å². The van der Waals surface area contributed by atoms with Crippen LogP contribution in [0.4, 0.5) is 0 Å². The molecule has 0 aliphatic heterocycles. The first-order valence-electron chi connectivity index (χ1n) is 7.31. The van der Waals surface area contributed by atoms with Crippen LogP contribution in [0.25, 0.3) is 6.08 Å². The minimum atomic E-state index is -1.29. The lowest BCUT2D eigenvalue weighted by molar-refractivity contribution is -0.297. The maximum atomic E-state index is 11.4. The normalized spacial score (nSPS) is 11.4. The van der Waals surface area contributed by atoms with Crippen molar-refractivity contribution in [3.63, 3.8) is 0 Å². The minimum Gasteiger partial charge on any atom is -0.544 e. The number of rotatable bonds is 8. The Labute approximate surface area is 144 Å². The predicted molar refractivity (Wildman–Crippen MR) is 88.8 cm³/mol. The van der Waals surface area contributed by atoms with Crippen molar-refractivity contribution < 1.29 is 19.4 Å². The molecule has 1 N–H and O–H groups in total. The number of aryl methyl sites for hydroxylation is 1. The third kappa shape index (κ3) is 4.51. The Morgan fingerprint density at radius 2 is 2.08 bits per heavy atom. The van der Waals surface area contributed by atoms with E-state index in [0.717, 1.165) is 30.4 Å². The van der Waals surface area contributed by atoms with E-state index in [4.69, 9.17) is 9.47 Å². The molecule has 0 bridgehead atoms. The van der Waals surface area contributed by atoms with Gasteiger partial charge >= 0.3 is 0 Å². The molecular formula is C16H18N3O4S-. The summed E-state index contributed by atoms with van der Waals surface area (Å²) in [5, 5.41) is 18.5. The van der Waals surface area contributed by atoms with Gasteiger partial charge in [0.25, 0.3) is 0 Å². The Balaban J connectivity index is 2.26. The van der Waals surface area contributed by atoms with Crippen molar-refractivity contribution in [1.29, 1.82) is 0 Å². The Bertz CT molecular complexity index is 743. The number of benzene rings is 1. The number of thioether (sulfide) groups is 1. The monoisotopic (exact) mass is 348 g/mol. The van der Waals surface area contributed by atoms with Gasteiger partial charge in [0, 0.05) is 11.3 Å². The fourth-order valence-corrected chi connectivity index (χ4v) is 2.72. The van der Waals surface area contributed by atoms with E-state index < -0.39 is 5.97 Å². The van der Waals surface area contributed by atoms with E-state index in [1.807, 2.05) is 6.92 Å². The molecule has 0 saturated heterocycles. The van der Waals surface area contributed by atoms with Crippen LogP contribution in [-0.4, -0.2) is 35.4 Å². The van der Waals surface area contributed by atoms with Crippen LogP contribution >= 0.6 is 11.8 Å². The van der Waals surface area contributed by atoms with Crippen molar-refractivity contribution >= 4 is 23.8 Å². The standard InChI is InChI=1S/C16H19N3O4S/c1-4-5-14-17-16(19-18-14)24-13(15(20)21)9-10-6-7-11(22-2)12(8-10)23-3/h6-9H,4-5H2,1-3H3,(H,20,21)(H,17,18,19)/p-1/b13-9-. The van der Waals surface area contributed by atoms with Crippen LogP contribution in [0.5, 0.6) is 11.5 Å². The third-order valence-corrected chi connectivity index (χ3v) is 3.98. The quantitative estimate of drug-likeness (QED) is 0.572. The molecule has 0 amide bonds. The Morgan fingerprint density at radius 3 is 2.71 bits per heavy atom. The molecule has 7 nitrogen and oxygen atoms in total. The molecule has 0 unspecified atom stereocenters. The summed E-state index contributed by atoms with van der Waals surface area (Å²) in [5.41, 5.74) is 0.642. The highest BCUT2D eigenvalue weighted by molar-refractivity contribution is 8.04. The second-order valence-corrected chi connectivity index (χ2v) is 5.84. The van der Waals surface area contributed by atoms with Crippen molar-refractivity contribution in [2.75, 3.05) is 14.2 Å². The first kappa shape index (κ1) is 17.9. The molecule has 1 aromatic carbocycles. The molecule has 0 radical (unpaired) electrons. The van der Waals surface area contributed by atoms with E-state index in [1.54, 1.807) is 18.2 Å². The molecule has 0 fully saturated rings. The largest absolute Gasteiger partial charge is 0.544 e. The number of aromatic amines is 1. The summed E-state index contributed by atoms with van der Waals surface area (Å²) in [6, 6.07) is 5.11. The second kappa shape index (κ2) is 8.39. The summed E-state index contributed by atoms with van der Waals surface area (Å²) in [6.07, 6.45) is 3.17. The molecule has 0 aliphatic rings. The fourth-order valence-electron chi connectivity index (χ4n) is 1.99. The summed E-state index contributed by atoms with van der Waals surface area (Å²) in [7, 11) is 3.05. The van der Waals surface area contributed by atoms with Crippen LogP contribution in [0, 0.1) is 0 Å². The van der Waals surface area contributed by atoms with Gasteiger partial charge in [0.05, 0.1) is 20.2 Å². The van der Waals surface area contributed by atoms with Crippen molar-refractivity contribution in [3.8, 4) is 11.5 Å². The van der Waals surface area contributed by atoms with Gasteiger partial charge < -0.3 is 19.4 Å². The highest BCUT2D eigenvalue weighted by Crippen LogP contribution is 2.30. The smallest absolute Gasteiger partial charge is 0.213 e. The molecular weight excluding hydrogens is 330 g/mol. The predicted octanol–water partition coefficient (Wildman–Crippen LogP) is 1.66. The van der Waals surface area contributed by atoms with Gasteiger partial charge in [-0.05, 0) is 42.0 Å². The number of nitrogens with zero attached hydrogens (tertiary/aromatic N) is 2. The van der Waals surface area contributed by atoms with Crippen molar-refractivity contribution in [1.82, 2.24) is 15.2 Å². The Kier molecular flexibility index (Phi) is 6.25. The number of hydrogen-bond acceptors (Lipinski definition) is 7. The number of nitrogens with one attached hydrogen (secondary N) is 1. The minimum absolute atomic E-state index is 0.00395. The second-order valence-electron chi connectivity index (χ2n) is 4.83. The van der Waals surface area contributed by atoms with Crippen molar-refractivity contribution in [2.24, 2.45) is 0 Å². The summed E-state index contributed by atoms with van der Waals surface area (Å²) in [6.45, 7) is 2.03. The van der Waals surface area contributed by atoms with Crippen LogP contribution in [-0.2, 0) is 11.2 Å². The van der Waals surface area contributed by atoms with Gasteiger partial charge in [-0.25, -0.2) is 4.98 Å². The lowest BCUT2D eigenvalue weighted by Gasteiger charge is -2.09. The number of carboxylic acids is 1. The molecule has 1 aromatic heterocycles. The fraction of sp³-hybridized carbons (Fsp3) is 0.312. The van der Waals surface area contributed by atoms with Gasteiger partial charge in [-0.1, -0.05) is 13.0 Å². The highest BCUT2D eigenvalue weighted by atomic mass is 32.2. The molecule has 24 heavy (non-hydrogen) atoms. The van der Waals surface area contributed by atoms with E-state index in [9.17, 15) is 9.90 Å². The van der Waals surface area contributed by atoms with Gasteiger partial charge in [0.15, 0.2) is 11.5 Å². The van der Waals surface area contributed by atoms with Gasteiger partial charge in [-0.2, -0.15) is 0 Å².